The second kappa shape index (κ2) is 5.67. The highest BCUT2D eigenvalue weighted by molar-refractivity contribution is 7.89. The number of allylic oxidation sites excluding steroid dienone is 5. The van der Waals surface area contributed by atoms with Gasteiger partial charge in [-0.25, -0.2) is 8.42 Å². The third-order valence-corrected chi connectivity index (χ3v) is 3.94. The molecule has 0 saturated heterocycles. The van der Waals surface area contributed by atoms with Crippen LogP contribution in [-0.4, -0.2) is 14.2 Å². The van der Waals surface area contributed by atoms with Gasteiger partial charge in [0.25, 0.3) is 10.0 Å². The van der Waals surface area contributed by atoms with Gasteiger partial charge in [-0.3, -0.25) is 9.52 Å². The Labute approximate surface area is 112 Å². The highest BCUT2D eigenvalue weighted by Crippen LogP contribution is 2.10. The van der Waals surface area contributed by atoms with E-state index >= 15 is 0 Å². The molecule has 0 heterocycles. The van der Waals surface area contributed by atoms with Gasteiger partial charge in [0.05, 0.1) is 10.8 Å². The number of hydrogen-bond donors (Lipinski definition) is 1. The van der Waals surface area contributed by atoms with E-state index in [1.807, 2.05) is 0 Å². The average Bonchev–Trinajstić information content (AvgIpc) is 2.42. The Balaban J connectivity index is 2.05. The molecule has 0 fully saturated rings. The molecule has 1 N–H and O–H groups in total. The van der Waals surface area contributed by atoms with Crippen molar-refractivity contribution in [2.45, 2.75) is 4.90 Å². The van der Waals surface area contributed by atoms with Crippen LogP contribution >= 0.6 is 0 Å². The van der Waals surface area contributed by atoms with Crippen LogP contribution in [0.4, 0.5) is 0 Å². The molecule has 19 heavy (non-hydrogen) atoms. The van der Waals surface area contributed by atoms with Crippen LogP contribution < -0.4 is 4.72 Å². The van der Waals surface area contributed by atoms with Gasteiger partial charge < -0.3 is 0 Å². The molecule has 0 aliphatic heterocycles. The molecule has 0 saturated carbocycles. The fourth-order valence-electron chi connectivity index (χ4n) is 1.60. The summed E-state index contributed by atoms with van der Waals surface area (Å²) >= 11 is 0. The molecule has 1 aliphatic carbocycles. The fourth-order valence-corrected chi connectivity index (χ4v) is 2.51. The molecule has 0 spiro atoms. The number of hydrogen-bond acceptors (Lipinski definition) is 3. The Bertz CT molecular complexity index is 643. The van der Waals surface area contributed by atoms with Gasteiger partial charge >= 0.3 is 0 Å². The molecule has 0 bridgehead atoms. The zero-order valence-electron chi connectivity index (χ0n) is 10.1. The lowest BCUT2D eigenvalue weighted by Crippen LogP contribution is -2.18. The lowest BCUT2D eigenvalue weighted by Gasteiger charge is -2.07. The highest BCUT2D eigenvalue weighted by Gasteiger charge is 2.13. The van der Waals surface area contributed by atoms with E-state index in [0.29, 0.717) is 0 Å². The molecule has 0 amide bonds. The average molecular weight is 275 g/mol. The normalized spacial score (nSPS) is 18.9. The lowest BCUT2D eigenvalue weighted by atomic mass is 10.00. The van der Waals surface area contributed by atoms with Crippen molar-refractivity contribution in [2.75, 3.05) is 0 Å². The number of carbonyl (C=O) groups excluding carboxylic acids is 1. The van der Waals surface area contributed by atoms with E-state index in [-0.39, 0.29) is 10.7 Å². The predicted molar refractivity (Wildman–Crippen MR) is 72.7 cm³/mol. The molecule has 98 valence electrons. The Morgan fingerprint density at radius 2 is 1.84 bits per heavy atom. The summed E-state index contributed by atoms with van der Waals surface area (Å²) in [6.07, 6.45) is 9.37. The Kier molecular flexibility index (Phi) is 3.97. The zero-order chi connectivity index (χ0) is 13.7. The minimum absolute atomic E-state index is 0.0716. The Morgan fingerprint density at radius 1 is 1.11 bits per heavy atom. The van der Waals surface area contributed by atoms with Crippen molar-refractivity contribution in [1.82, 2.24) is 4.72 Å². The minimum atomic E-state index is -3.57. The molecule has 1 aromatic rings. The van der Waals surface area contributed by atoms with Crippen LogP contribution in [0.3, 0.4) is 0 Å². The maximum absolute atomic E-state index is 11.9. The molecule has 0 radical (unpaired) electrons. The molecule has 1 atom stereocenters. The number of carbonyl (C=O) groups is 1. The third-order valence-electron chi connectivity index (χ3n) is 2.60. The molecule has 2 rings (SSSR count). The molecule has 1 aliphatic rings. The van der Waals surface area contributed by atoms with Crippen molar-refractivity contribution in [2.24, 2.45) is 5.92 Å². The van der Waals surface area contributed by atoms with E-state index in [1.54, 1.807) is 36.4 Å². The van der Waals surface area contributed by atoms with Crippen LogP contribution in [0.1, 0.15) is 0 Å². The summed E-state index contributed by atoms with van der Waals surface area (Å²) < 4.78 is 26.1. The quantitative estimate of drug-likeness (QED) is 0.911. The lowest BCUT2D eigenvalue weighted by molar-refractivity contribution is -0.115. The van der Waals surface area contributed by atoms with Crippen LogP contribution in [-0.2, 0) is 14.8 Å². The topological polar surface area (TPSA) is 63.2 Å². The summed E-state index contributed by atoms with van der Waals surface area (Å²) in [6.45, 7) is 0. The molecule has 0 aromatic heterocycles. The monoisotopic (exact) mass is 275 g/mol. The van der Waals surface area contributed by atoms with Gasteiger partial charge in [-0.15, -0.1) is 0 Å². The van der Waals surface area contributed by atoms with Crippen LogP contribution in [0, 0.1) is 5.92 Å². The van der Waals surface area contributed by atoms with Crippen molar-refractivity contribution in [3.63, 3.8) is 0 Å². The second-order valence-corrected chi connectivity index (χ2v) is 5.68. The Hall–Kier alpha value is -2.14. The first-order valence-corrected chi connectivity index (χ1v) is 7.21. The maximum Gasteiger partial charge on any atom is 0.261 e. The summed E-state index contributed by atoms with van der Waals surface area (Å²) in [7, 11) is -3.57. The molecule has 5 heteroatoms. The first kappa shape index (κ1) is 13.3. The summed E-state index contributed by atoms with van der Waals surface area (Å²) in [5.41, 5.74) is 0. The molecule has 4 nitrogen and oxygen atoms in total. The number of rotatable bonds is 4. The number of ketones is 1. The van der Waals surface area contributed by atoms with Crippen LogP contribution in [0.2, 0.25) is 0 Å². The summed E-state index contributed by atoms with van der Waals surface area (Å²) in [5, 5.41) is 0. The van der Waals surface area contributed by atoms with Crippen molar-refractivity contribution < 1.29 is 13.2 Å². The van der Waals surface area contributed by atoms with Crippen molar-refractivity contribution in [3.8, 4) is 0 Å². The van der Waals surface area contributed by atoms with Crippen molar-refractivity contribution in [3.05, 3.63) is 66.9 Å². The van der Waals surface area contributed by atoms with Gasteiger partial charge in [0.1, 0.15) is 0 Å². The van der Waals surface area contributed by atoms with Gasteiger partial charge in [0, 0.05) is 6.20 Å². The molecule has 1 unspecified atom stereocenters. The zero-order valence-corrected chi connectivity index (χ0v) is 10.9. The van der Waals surface area contributed by atoms with E-state index in [2.05, 4.69) is 4.72 Å². The Morgan fingerprint density at radius 3 is 2.53 bits per heavy atom. The van der Waals surface area contributed by atoms with Gasteiger partial charge in [-0.05, 0) is 18.2 Å². The van der Waals surface area contributed by atoms with Crippen LogP contribution in [0.25, 0.3) is 0 Å². The fraction of sp³-hybridized carbons (Fsp3) is 0.0714. The molecular formula is C14H13NO3S. The minimum Gasteiger partial charge on any atom is -0.294 e. The predicted octanol–water partition coefficient (Wildman–Crippen LogP) is 1.79. The number of benzene rings is 1. The van der Waals surface area contributed by atoms with Gasteiger partial charge in [0.15, 0.2) is 5.78 Å². The molecule has 1 aromatic carbocycles. The summed E-state index contributed by atoms with van der Waals surface area (Å²) in [6, 6.07) is 8.05. The van der Waals surface area contributed by atoms with Gasteiger partial charge in [-0.1, -0.05) is 42.5 Å². The molecular weight excluding hydrogens is 262 g/mol. The van der Waals surface area contributed by atoms with Crippen LogP contribution in [0.5, 0.6) is 0 Å². The highest BCUT2D eigenvalue weighted by atomic mass is 32.2. The number of sulfonamides is 1. The van der Waals surface area contributed by atoms with Crippen molar-refractivity contribution >= 4 is 15.8 Å². The summed E-state index contributed by atoms with van der Waals surface area (Å²) in [4.78, 5) is 11.6. The van der Waals surface area contributed by atoms with Gasteiger partial charge in [-0.2, -0.15) is 0 Å². The number of nitrogens with one attached hydrogen (secondary N) is 1. The largest absolute Gasteiger partial charge is 0.294 e. The van der Waals surface area contributed by atoms with E-state index in [0.717, 1.165) is 0 Å². The maximum atomic E-state index is 11.9. The summed E-state index contributed by atoms with van der Waals surface area (Å²) in [5.74, 6) is -0.485. The SMILES string of the molecule is O=C1C=CC=CC1C=CNS(=O)(=O)c1ccccc1. The smallest absolute Gasteiger partial charge is 0.261 e. The first-order chi connectivity index (χ1) is 9.09. The first-order valence-electron chi connectivity index (χ1n) is 5.72. The van der Waals surface area contributed by atoms with E-state index in [1.165, 1.54) is 30.5 Å². The third kappa shape index (κ3) is 3.42. The van der Waals surface area contributed by atoms with Gasteiger partial charge in [0.2, 0.25) is 0 Å². The standard InChI is InChI=1S/C14H13NO3S/c16-14-9-5-4-6-12(14)10-11-15-19(17,18)13-7-2-1-3-8-13/h1-12,15H. The van der Waals surface area contributed by atoms with Crippen molar-refractivity contribution in [1.29, 1.82) is 0 Å². The second-order valence-electron chi connectivity index (χ2n) is 3.97. The van der Waals surface area contributed by atoms with Crippen LogP contribution in [0.15, 0.2) is 71.8 Å². The van der Waals surface area contributed by atoms with E-state index in [9.17, 15) is 13.2 Å². The van der Waals surface area contributed by atoms with E-state index in [4.69, 9.17) is 0 Å². The van der Waals surface area contributed by atoms with E-state index < -0.39 is 15.9 Å².